The van der Waals surface area contributed by atoms with Crippen LogP contribution in [-0.2, 0) is 5.41 Å². The highest BCUT2D eigenvalue weighted by Gasteiger charge is 2.34. The van der Waals surface area contributed by atoms with E-state index in [1.54, 1.807) is 31.4 Å². The highest BCUT2D eigenvalue weighted by molar-refractivity contribution is 6.21. The molecule has 2 heterocycles. The molecule has 6 heteroatoms. The number of amides is 2. The lowest BCUT2D eigenvalue weighted by molar-refractivity contribution is 0.0651. The number of methoxy groups -OCH3 is 1. The van der Waals surface area contributed by atoms with Gasteiger partial charge in [0.15, 0.2) is 0 Å². The fourth-order valence-electron chi connectivity index (χ4n) is 4.41. The number of aryl methyl sites for hydroxylation is 1. The number of nitrogens with one attached hydrogen (secondary N) is 1. The lowest BCUT2D eigenvalue weighted by Gasteiger charge is -2.22. The molecule has 1 atom stereocenters. The Morgan fingerprint density at radius 1 is 1.06 bits per heavy atom. The summed E-state index contributed by atoms with van der Waals surface area (Å²) in [6, 6.07) is 13.3. The molecule has 0 saturated carbocycles. The summed E-state index contributed by atoms with van der Waals surface area (Å²) >= 11 is 0. The second-order valence-corrected chi connectivity index (χ2v) is 10.1. The summed E-state index contributed by atoms with van der Waals surface area (Å²) in [4.78, 5) is 31.6. The molecule has 4 rings (SSSR count). The van der Waals surface area contributed by atoms with E-state index in [0.717, 1.165) is 40.0 Å². The molecule has 0 saturated heterocycles. The Hall–Kier alpha value is -3.41. The maximum Gasteiger partial charge on any atom is 0.261 e. The van der Waals surface area contributed by atoms with Gasteiger partial charge in [0.2, 0.25) is 0 Å². The van der Waals surface area contributed by atoms with Gasteiger partial charge < -0.3 is 10.1 Å². The van der Waals surface area contributed by atoms with Crippen molar-refractivity contribution in [1.29, 1.82) is 0 Å². The average molecular weight is 460 g/mol. The Bertz CT molecular complexity index is 1220. The van der Waals surface area contributed by atoms with Gasteiger partial charge in [-0.3, -0.25) is 19.5 Å². The van der Waals surface area contributed by atoms with Crippen molar-refractivity contribution in [2.45, 2.75) is 58.9 Å². The van der Waals surface area contributed by atoms with Crippen LogP contribution < -0.4 is 10.1 Å². The first kappa shape index (κ1) is 23.7. The van der Waals surface area contributed by atoms with Gasteiger partial charge in [-0.25, -0.2) is 0 Å². The number of hydrogen-bond acceptors (Lipinski definition) is 5. The summed E-state index contributed by atoms with van der Waals surface area (Å²) in [5.74, 6) is 0.380. The van der Waals surface area contributed by atoms with E-state index in [2.05, 4.69) is 46.0 Å². The minimum Gasteiger partial charge on any atom is -0.497 e. The zero-order valence-electron chi connectivity index (χ0n) is 20.9. The zero-order valence-corrected chi connectivity index (χ0v) is 20.9. The largest absolute Gasteiger partial charge is 0.497 e. The number of ether oxygens (including phenoxy) is 1. The third kappa shape index (κ3) is 4.49. The highest BCUT2D eigenvalue weighted by atomic mass is 16.5. The van der Waals surface area contributed by atoms with Gasteiger partial charge in [0.1, 0.15) is 5.75 Å². The number of nitrogens with zero attached hydrogens (tertiary/aromatic N) is 2. The summed E-state index contributed by atoms with van der Waals surface area (Å²) in [6.07, 6.45) is 1.51. The minimum absolute atomic E-state index is 0.0614. The third-order valence-corrected chi connectivity index (χ3v) is 6.40. The minimum atomic E-state index is -0.200. The van der Waals surface area contributed by atoms with Crippen LogP contribution in [-0.4, -0.2) is 41.4 Å². The molecular weight excluding hydrogens is 426 g/mol. The van der Waals surface area contributed by atoms with Crippen LogP contribution >= 0.6 is 0 Å². The number of aromatic nitrogens is 1. The molecule has 34 heavy (non-hydrogen) atoms. The van der Waals surface area contributed by atoms with Gasteiger partial charge >= 0.3 is 0 Å². The van der Waals surface area contributed by atoms with Gasteiger partial charge in [-0.1, -0.05) is 32.9 Å². The molecule has 1 aliphatic heterocycles. The topological polar surface area (TPSA) is 71.5 Å². The predicted octanol–water partition coefficient (Wildman–Crippen LogP) is 5.73. The van der Waals surface area contributed by atoms with E-state index in [9.17, 15) is 9.59 Å². The Balaban J connectivity index is 1.49. The molecule has 6 nitrogen and oxygen atoms in total. The summed E-state index contributed by atoms with van der Waals surface area (Å²) in [6.45, 7) is 11.1. The van der Waals surface area contributed by atoms with Crippen molar-refractivity contribution >= 4 is 28.4 Å². The van der Waals surface area contributed by atoms with Crippen molar-refractivity contribution in [2.24, 2.45) is 0 Å². The van der Waals surface area contributed by atoms with E-state index in [-0.39, 0.29) is 23.3 Å². The second-order valence-electron chi connectivity index (χ2n) is 10.1. The Labute approximate surface area is 201 Å². The molecule has 0 spiro atoms. The fraction of sp³-hybridized carbons (Fsp3) is 0.393. The molecule has 3 aromatic rings. The Kier molecular flexibility index (Phi) is 6.34. The zero-order chi connectivity index (χ0) is 24.6. The molecule has 1 aromatic heterocycles. The maximum atomic E-state index is 12.6. The monoisotopic (exact) mass is 459 g/mol. The average Bonchev–Trinajstić information content (AvgIpc) is 3.03. The van der Waals surface area contributed by atoms with Gasteiger partial charge in [-0.15, -0.1) is 0 Å². The van der Waals surface area contributed by atoms with E-state index in [1.165, 1.54) is 4.90 Å². The number of pyridine rings is 1. The summed E-state index contributed by atoms with van der Waals surface area (Å²) in [5, 5.41) is 4.66. The van der Waals surface area contributed by atoms with Crippen LogP contribution in [0.4, 0.5) is 5.69 Å². The quantitative estimate of drug-likeness (QED) is 0.457. The van der Waals surface area contributed by atoms with Gasteiger partial charge in [0.25, 0.3) is 11.8 Å². The molecule has 0 aliphatic carbocycles. The van der Waals surface area contributed by atoms with E-state index >= 15 is 0 Å². The van der Waals surface area contributed by atoms with Crippen molar-refractivity contribution in [3.63, 3.8) is 0 Å². The van der Waals surface area contributed by atoms with Gasteiger partial charge in [0, 0.05) is 35.1 Å². The number of carbonyl (C=O) groups is 2. The van der Waals surface area contributed by atoms with Gasteiger partial charge in [-0.05, 0) is 56.5 Å². The standard InChI is InChI=1S/C28H33N3O3/c1-17-14-24(28(3,4)5)30-25-22(17)15-19(34-6)16-23(25)29-18(2)10-9-13-31-26(32)20-11-7-8-12-21(20)27(31)33/h7-8,11-12,14-16,18,29H,9-10,13H2,1-6H3. The number of hydrogen-bond donors (Lipinski definition) is 1. The normalized spacial score (nSPS) is 14.5. The predicted molar refractivity (Wildman–Crippen MR) is 136 cm³/mol. The number of imide groups is 1. The SMILES string of the molecule is COc1cc(NC(C)CCCN2C(=O)c3ccccc3C2=O)c2nc(C(C)(C)C)cc(C)c2c1. The Morgan fingerprint density at radius 3 is 2.29 bits per heavy atom. The maximum absolute atomic E-state index is 12.6. The lowest BCUT2D eigenvalue weighted by Crippen LogP contribution is -2.31. The molecule has 1 N–H and O–H groups in total. The van der Waals surface area contributed by atoms with Crippen molar-refractivity contribution in [3.8, 4) is 5.75 Å². The molecule has 0 fully saturated rings. The lowest BCUT2D eigenvalue weighted by atomic mass is 9.90. The fourth-order valence-corrected chi connectivity index (χ4v) is 4.41. The summed E-state index contributed by atoms with van der Waals surface area (Å²) in [5.41, 5.74) is 5.00. The molecular formula is C28H33N3O3. The van der Waals surface area contributed by atoms with Gasteiger partial charge in [-0.2, -0.15) is 0 Å². The van der Waals surface area contributed by atoms with Crippen molar-refractivity contribution in [1.82, 2.24) is 9.88 Å². The first-order valence-electron chi connectivity index (χ1n) is 11.8. The van der Waals surface area contributed by atoms with Crippen LogP contribution in [0.25, 0.3) is 10.9 Å². The van der Waals surface area contributed by atoms with Crippen LogP contribution in [0.15, 0.2) is 42.5 Å². The van der Waals surface area contributed by atoms with Crippen molar-refractivity contribution in [2.75, 3.05) is 19.0 Å². The molecule has 1 unspecified atom stereocenters. The Morgan fingerprint density at radius 2 is 1.71 bits per heavy atom. The number of anilines is 1. The number of carbonyl (C=O) groups excluding carboxylic acids is 2. The van der Waals surface area contributed by atoms with Crippen molar-refractivity contribution in [3.05, 3.63) is 64.8 Å². The second kappa shape index (κ2) is 9.09. The highest BCUT2D eigenvalue weighted by Crippen LogP contribution is 2.34. The van der Waals surface area contributed by atoms with Crippen LogP contribution in [0, 0.1) is 6.92 Å². The third-order valence-electron chi connectivity index (χ3n) is 6.40. The van der Waals surface area contributed by atoms with E-state index < -0.39 is 0 Å². The van der Waals surface area contributed by atoms with Crippen molar-refractivity contribution < 1.29 is 14.3 Å². The van der Waals surface area contributed by atoms with E-state index in [4.69, 9.17) is 9.72 Å². The van der Waals surface area contributed by atoms with E-state index in [0.29, 0.717) is 24.1 Å². The molecule has 1 aliphatic rings. The number of fused-ring (bicyclic) bond motifs is 2. The smallest absolute Gasteiger partial charge is 0.261 e. The van der Waals surface area contributed by atoms with Crippen LogP contribution in [0.1, 0.15) is 72.5 Å². The van der Waals surface area contributed by atoms with Gasteiger partial charge in [0.05, 0.1) is 29.4 Å². The first-order valence-corrected chi connectivity index (χ1v) is 11.8. The number of benzene rings is 2. The molecule has 0 bridgehead atoms. The molecule has 0 radical (unpaired) electrons. The summed E-state index contributed by atoms with van der Waals surface area (Å²) in [7, 11) is 1.67. The first-order chi connectivity index (χ1) is 16.1. The summed E-state index contributed by atoms with van der Waals surface area (Å²) < 4.78 is 5.55. The molecule has 178 valence electrons. The number of rotatable bonds is 7. The van der Waals surface area contributed by atoms with E-state index in [1.807, 2.05) is 12.1 Å². The van der Waals surface area contributed by atoms with Crippen LogP contribution in [0.3, 0.4) is 0 Å². The van der Waals surface area contributed by atoms with Crippen LogP contribution in [0.2, 0.25) is 0 Å². The molecule has 2 aromatic carbocycles. The molecule has 2 amide bonds. The van der Waals surface area contributed by atoms with Crippen LogP contribution in [0.5, 0.6) is 5.75 Å².